The number of nitrogens with one attached hydrogen (secondary N) is 1. The Balaban J connectivity index is 1.62. The fraction of sp³-hybridized carbons (Fsp3) is 0.312. The summed E-state index contributed by atoms with van der Waals surface area (Å²) < 4.78 is 1.82. The van der Waals surface area contributed by atoms with Crippen LogP contribution in [0.2, 0.25) is 0 Å². The van der Waals surface area contributed by atoms with Crippen molar-refractivity contribution in [2.45, 2.75) is 32.7 Å². The summed E-state index contributed by atoms with van der Waals surface area (Å²) in [5, 5.41) is 18.8. The van der Waals surface area contributed by atoms with Crippen LogP contribution in [-0.2, 0) is 11.3 Å². The van der Waals surface area contributed by atoms with E-state index in [9.17, 15) is 4.79 Å². The lowest BCUT2D eigenvalue weighted by atomic mass is 10.1. The average Bonchev–Trinajstić information content (AvgIpc) is 3.23. The van der Waals surface area contributed by atoms with Gasteiger partial charge in [-0.05, 0) is 19.8 Å². The summed E-state index contributed by atoms with van der Waals surface area (Å²) in [6.07, 6.45) is 6.06. The van der Waals surface area contributed by atoms with Crippen LogP contribution in [-0.4, -0.2) is 36.2 Å². The largest absolute Gasteiger partial charge is 0.300 e. The van der Waals surface area contributed by atoms with Gasteiger partial charge in [-0.25, -0.2) is 0 Å². The maximum atomic E-state index is 10.9. The first-order valence-electron chi connectivity index (χ1n) is 7.58. The van der Waals surface area contributed by atoms with Gasteiger partial charge in [0.05, 0.1) is 12.4 Å². The van der Waals surface area contributed by atoms with Gasteiger partial charge in [0.15, 0.2) is 0 Å². The van der Waals surface area contributed by atoms with E-state index < -0.39 is 0 Å². The molecule has 1 N–H and O–H groups in total. The van der Waals surface area contributed by atoms with E-state index in [1.807, 2.05) is 35.1 Å². The highest BCUT2D eigenvalue weighted by atomic mass is 16.1. The number of carbonyl (C=O) groups excluding carboxylic acids is 1. The number of aromatic amines is 1. The van der Waals surface area contributed by atoms with Crippen LogP contribution >= 0.6 is 0 Å². The minimum absolute atomic E-state index is 0.233. The van der Waals surface area contributed by atoms with Crippen LogP contribution in [0.15, 0.2) is 36.7 Å². The van der Waals surface area contributed by atoms with Gasteiger partial charge in [-0.2, -0.15) is 15.4 Å². The van der Waals surface area contributed by atoms with Gasteiger partial charge in [0, 0.05) is 24.1 Å². The third-order valence-corrected chi connectivity index (χ3v) is 3.60. The number of unbranched alkanes of at least 4 members (excludes halogenated alkanes) is 1. The van der Waals surface area contributed by atoms with Crippen molar-refractivity contribution in [1.29, 1.82) is 0 Å². The maximum absolute atomic E-state index is 10.9. The number of nitrogens with zero attached hydrogens (tertiary/aromatic N) is 5. The first kappa shape index (κ1) is 15.1. The van der Waals surface area contributed by atoms with Crippen LogP contribution in [0.3, 0.4) is 0 Å². The quantitative estimate of drug-likeness (QED) is 0.677. The van der Waals surface area contributed by atoms with Crippen molar-refractivity contribution in [2.24, 2.45) is 0 Å². The van der Waals surface area contributed by atoms with Crippen molar-refractivity contribution in [3.05, 3.63) is 36.7 Å². The molecular formula is C16H18N6O. The molecular weight excluding hydrogens is 292 g/mol. The monoisotopic (exact) mass is 310 g/mol. The van der Waals surface area contributed by atoms with Crippen molar-refractivity contribution < 1.29 is 4.79 Å². The van der Waals surface area contributed by atoms with E-state index in [4.69, 9.17) is 0 Å². The van der Waals surface area contributed by atoms with E-state index in [0.717, 1.165) is 41.9 Å². The molecule has 0 fully saturated rings. The molecule has 2 aromatic heterocycles. The van der Waals surface area contributed by atoms with Crippen LogP contribution in [0.1, 0.15) is 26.2 Å². The van der Waals surface area contributed by atoms with Crippen LogP contribution in [0.25, 0.3) is 22.5 Å². The number of aryl methyl sites for hydroxylation is 1. The van der Waals surface area contributed by atoms with Gasteiger partial charge in [-0.15, -0.1) is 5.10 Å². The number of hydrogen-bond donors (Lipinski definition) is 1. The molecule has 0 aliphatic heterocycles. The van der Waals surface area contributed by atoms with Gasteiger partial charge in [-0.1, -0.05) is 29.5 Å². The molecule has 3 aromatic rings. The Morgan fingerprint density at radius 1 is 1.13 bits per heavy atom. The molecule has 0 bridgehead atoms. The van der Waals surface area contributed by atoms with Gasteiger partial charge in [0.2, 0.25) is 0 Å². The molecule has 2 heterocycles. The van der Waals surface area contributed by atoms with Gasteiger partial charge in [0.25, 0.3) is 0 Å². The highest BCUT2D eigenvalue weighted by Crippen LogP contribution is 2.21. The fourth-order valence-corrected chi connectivity index (χ4v) is 2.34. The van der Waals surface area contributed by atoms with E-state index in [0.29, 0.717) is 6.42 Å². The summed E-state index contributed by atoms with van der Waals surface area (Å²) >= 11 is 0. The van der Waals surface area contributed by atoms with Crippen molar-refractivity contribution in [3.8, 4) is 22.5 Å². The van der Waals surface area contributed by atoms with Gasteiger partial charge in [-0.3, -0.25) is 4.68 Å². The van der Waals surface area contributed by atoms with E-state index in [1.165, 1.54) is 0 Å². The molecule has 0 spiro atoms. The number of carbonyl (C=O) groups is 1. The lowest BCUT2D eigenvalue weighted by molar-refractivity contribution is -0.117. The second kappa shape index (κ2) is 6.95. The van der Waals surface area contributed by atoms with E-state index >= 15 is 0 Å². The highest BCUT2D eigenvalue weighted by Gasteiger charge is 2.06. The smallest absolute Gasteiger partial charge is 0.129 e. The maximum Gasteiger partial charge on any atom is 0.129 e. The van der Waals surface area contributed by atoms with Crippen molar-refractivity contribution in [1.82, 2.24) is 30.4 Å². The molecule has 0 unspecified atom stereocenters. The van der Waals surface area contributed by atoms with Crippen LogP contribution in [0, 0.1) is 0 Å². The summed E-state index contributed by atoms with van der Waals surface area (Å²) in [7, 11) is 0. The second-order valence-electron chi connectivity index (χ2n) is 5.46. The Morgan fingerprint density at radius 3 is 2.52 bits per heavy atom. The molecule has 0 saturated heterocycles. The lowest BCUT2D eigenvalue weighted by Gasteiger charge is -1.99. The van der Waals surface area contributed by atoms with Gasteiger partial charge < -0.3 is 4.79 Å². The summed E-state index contributed by atoms with van der Waals surface area (Å²) in [5.74, 6) is 0.233. The summed E-state index contributed by atoms with van der Waals surface area (Å²) in [4.78, 5) is 10.9. The second-order valence-corrected chi connectivity index (χ2v) is 5.46. The van der Waals surface area contributed by atoms with Crippen molar-refractivity contribution >= 4 is 5.78 Å². The molecule has 3 rings (SSSR count). The Morgan fingerprint density at radius 2 is 1.87 bits per heavy atom. The average molecular weight is 310 g/mol. The minimum atomic E-state index is 0.233. The number of Topliss-reactive ketones (excluding diaryl/α,β-unsaturated/α-hetero) is 1. The SMILES string of the molecule is CC(=O)CCCCn1cc(-c2ccc(-c3cn[nH]n3)cc2)nn1. The zero-order valence-electron chi connectivity index (χ0n) is 12.9. The predicted molar refractivity (Wildman–Crippen MR) is 85.4 cm³/mol. The highest BCUT2D eigenvalue weighted by molar-refractivity contribution is 5.75. The summed E-state index contributed by atoms with van der Waals surface area (Å²) in [5.41, 5.74) is 3.65. The van der Waals surface area contributed by atoms with E-state index in [-0.39, 0.29) is 5.78 Å². The zero-order valence-corrected chi connectivity index (χ0v) is 12.9. The molecule has 0 radical (unpaired) electrons. The predicted octanol–water partition coefficient (Wildman–Crippen LogP) is 2.49. The van der Waals surface area contributed by atoms with Gasteiger partial charge in [0.1, 0.15) is 17.2 Å². The topological polar surface area (TPSA) is 89.4 Å². The number of rotatable bonds is 7. The molecule has 0 aliphatic carbocycles. The number of hydrogen-bond acceptors (Lipinski definition) is 5. The lowest BCUT2D eigenvalue weighted by Crippen LogP contribution is -2.00. The molecule has 0 amide bonds. The molecule has 0 atom stereocenters. The fourth-order valence-electron chi connectivity index (χ4n) is 2.34. The molecule has 0 aliphatic rings. The molecule has 1 aromatic carbocycles. The number of aromatic nitrogens is 6. The molecule has 7 nitrogen and oxygen atoms in total. The first-order valence-corrected chi connectivity index (χ1v) is 7.58. The Kier molecular flexibility index (Phi) is 4.56. The molecule has 23 heavy (non-hydrogen) atoms. The summed E-state index contributed by atoms with van der Waals surface area (Å²) in [6, 6.07) is 7.96. The third-order valence-electron chi connectivity index (χ3n) is 3.60. The normalized spacial score (nSPS) is 10.8. The van der Waals surface area contributed by atoms with Crippen LogP contribution < -0.4 is 0 Å². The third kappa shape index (κ3) is 3.88. The van der Waals surface area contributed by atoms with Crippen LogP contribution in [0.4, 0.5) is 0 Å². The summed E-state index contributed by atoms with van der Waals surface area (Å²) in [6.45, 7) is 2.40. The van der Waals surface area contributed by atoms with Gasteiger partial charge >= 0.3 is 0 Å². The minimum Gasteiger partial charge on any atom is -0.300 e. The number of ketones is 1. The zero-order chi connectivity index (χ0) is 16.1. The first-order chi connectivity index (χ1) is 11.2. The Hall–Kier alpha value is -2.83. The van der Waals surface area contributed by atoms with Crippen molar-refractivity contribution in [2.75, 3.05) is 0 Å². The molecule has 118 valence electrons. The number of H-pyrrole nitrogens is 1. The Labute approximate surface area is 133 Å². The molecule has 0 saturated carbocycles. The standard InChI is InChI=1S/C16H18N6O/c1-12(23)4-2-3-9-22-11-16(19-21-22)14-7-5-13(6-8-14)15-10-17-20-18-15/h5-8,10-11H,2-4,9H2,1H3,(H,17,18,20). The van der Waals surface area contributed by atoms with Crippen LogP contribution in [0.5, 0.6) is 0 Å². The van der Waals surface area contributed by atoms with E-state index in [1.54, 1.807) is 13.1 Å². The Bertz CT molecular complexity index is 760. The van der Waals surface area contributed by atoms with Crippen molar-refractivity contribution in [3.63, 3.8) is 0 Å². The molecule has 7 heteroatoms. The van der Waals surface area contributed by atoms with E-state index in [2.05, 4.69) is 25.7 Å². The number of benzene rings is 1.